The van der Waals surface area contributed by atoms with Crippen molar-refractivity contribution in [1.82, 2.24) is 10.3 Å². The van der Waals surface area contributed by atoms with E-state index >= 15 is 0 Å². The molecule has 1 aliphatic heterocycles. The highest BCUT2D eigenvalue weighted by Gasteiger charge is 2.31. The molecule has 9 heteroatoms. The van der Waals surface area contributed by atoms with E-state index in [9.17, 15) is 14.4 Å². The average Bonchev–Trinajstić information content (AvgIpc) is 2.82. The Labute approximate surface area is 195 Å². The molecule has 8 nitrogen and oxygen atoms in total. The summed E-state index contributed by atoms with van der Waals surface area (Å²) in [6.07, 6.45) is 2.85. The fraction of sp³-hybridized carbons (Fsp3) is 0.167. The van der Waals surface area contributed by atoms with Crippen LogP contribution in [0.25, 0.3) is 11.3 Å². The van der Waals surface area contributed by atoms with Gasteiger partial charge in [-0.3, -0.25) is 14.6 Å². The smallest absolute Gasteiger partial charge is 0.319 e. The number of nitrogens with one attached hydrogen (secondary N) is 2. The lowest BCUT2D eigenvalue weighted by Crippen LogP contribution is -2.53. The molecule has 1 aliphatic rings. The zero-order valence-electron chi connectivity index (χ0n) is 17.6. The maximum atomic E-state index is 13.0. The zero-order chi connectivity index (χ0) is 23.4. The Balaban J connectivity index is 1.45. The van der Waals surface area contributed by atoms with E-state index in [-0.39, 0.29) is 5.91 Å². The number of pyridine rings is 1. The number of carbonyl (C=O) groups excluding carboxylic acids is 3. The van der Waals surface area contributed by atoms with Crippen molar-refractivity contribution in [3.63, 3.8) is 0 Å². The van der Waals surface area contributed by atoms with Crippen molar-refractivity contribution in [2.45, 2.75) is 18.9 Å². The first-order chi connectivity index (χ1) is 15.9. The third-order valence-corrected chi connectivity index (χ3v) is 5.63. The van der Waals surface area contributed by atoms with Crippen LogP contribution in [0.15, 0.2) is 66.9 Å². The Morgan fingerprint density at radius 3 is 2.52 bits per heavy atom. The number of piperidine rings is 1. The molecule has 4 rings (SSSR count). The molecule has 0 unspecified atom stereocenters. The Hall–Kier alpha value is -3.91. The van der Waals surface area contributed by atoms with Crippen molar-refractivity contribution >= 4 is 40.8 Å². The number of anilines is 2. The molecule has 0 aliphatic carbocycles. The molecule has 33 heavy (non-hydrogen) atoms. The lowest BCUT2D eigenvalue weighted by Gasteiger charge is -2.32. The van der Waals surface area contributed by atoms with E-state index in [1.807, 2.05) is 0 Å². The molecule has 1 atom stereocenters. The minimum absolute atomic E-state index is 0.209. The predicted octanol–water partition coefficient (Wildman–Crippen LogP) is 3.82. The number of aromatic nitrogens is 1. The highest BCUT2D eigenvalue weighted by molar-refractivity contribution is 6.30. The quantitative estimate of drug-likeness (QED) is 0.533. The summed E-state index contributed by atoms with van der Waals surface area (Å²) in [5.41, 5.74) is 8.24. The molecule has 1 fully saturated rings. The maximum Gasteiger partial charge on any atom is 0.319 e. The van der Waals surface area contributed by atoms with Crippen LogP contribution in [0.2, 0.25) is 5.02 Å². The van der Waals surface area contributed by atoms with Crippen LogP contribution in [-0.4, -0.2) is 35.4 Å². The summed E-state index contributed by atoms with van der Waals surface area (Å²) in [6, 6.07) is 16.1. The standard InChI is InChI=1S/C24H22ClN5O3/c25-15-7-9-16(10-8-15)28-24(33)29-21-6-3-13-30(23(21)32)17-11-12-20(27-14-17)18-4-1-2-5-19(18)22(26)31/h1-2,4-5,7-12,14,21H,3,6,13H2,(H2,26,31)(H2,28,29,33)/t21-/m1/s1. The second kappa shape index (κ2) is 9.70. The van der Waals surface area contributed by atoms with Crippen LogP contribution in [-0.2, 0) is 4.79 Å². The van der Waals surface area contributed by atoms with Crippen LogP contribution in [0.5, 0.6) is 0 Å². The van der Waals surface area contributed by atoms with Gasteiger partial charge in [-0.15, -0.1) is 0 Å². The monoisotopic (exact) mass is 463 g/mol. The summed E-state index contributed by atoms with van der Waals surface area (Å²) in [4.78, 5) is 43.1. The van der Waals surface area contributed by atoms with E-state index in [2.05, 4.69) is 15.6 Å². The van der Waals surface area contributed by atoms with Gasteiger partial charge in [0.1, 0.15) is 6.04 Å². The highest BCUT2D eigenvalue weighted by atomic mass is 35.5. The minimum Gasteiger partial charge on any atom is -0.366 e. The van der Waals surface area contributed by atoms with Gasteiger partial charge in [0.25, 0.3) is 0 Å². The molecule has 4 amide bonds. The van der Waals surface area contributed by atoms with E-state index < -0.39 is 18.0 Å². The SMILES string of the molecule is NC(=O)c1ccccc1-c1ccc(N2CCC[C@@H](NC(=O)Nc3ccc(Cl)cc3)C2=O)cn1. The molecular formula is C24H22ClN5O3. The molecule has 4 N–H and O–H groups in total. The van der Waals surface area contributed by atoms with Gasteiger partial charge < -0.3 is 21.3 Å². The van der Waals surface area contributed by atoms with Gasteiger partial charge in [-0.2, -0.15) is 0 Å². The summed E-state index contributed by atoms with van der Waals surface area (Å²) >= 11 is 5.86. The van der Waals surface area contributed by atoms with Gasteiger partial charge in [0, 0.05) is 28.4 Å². The van der Waals surface area contributed by atoms with E-state index in [4.69, 9.17) is 17.3 Å². The molecule has 0 radical (unpaired) electrons. The molecule has 2 heterocycles. The Morgan fingerprint density at radius 2 is 1.82 bits per heavy atom. The molecule has 2 aromatic carbocycles. The van der Waals surface area contributed by atoms with Gasteiger partial charge in [-0.05, 0) is 55.3 Å². The first-order valence-corrected chi connectivity index (χ1v) is 10.8. The van der Waals surface area contributed by atoms with Crippen molar-refractivity contribution in [2.24, 2.45) is 5.73 Å². The molecule has 0 spiro atoms. The third kappa shape index (κ3) is 5.12. The number of halogens is 1. The van der Waals surface area contributed by atoms with Crippen molar-refractivity contribution in [3.05, 3.63) is 77.4 Å². The van der Waals surface area contributed by atoms with Gasteiger partial charge in [0.15, 0.2) is 0 Å². The first-order valence-electron chi connectivity index (χ1n) is 10.4. The third-order valence-electron chi connectivity index (χ3n) is 5.37. The van der Waals surface area contributed by atoms with Gasteiger partial charge in [0.05, 0.1) is 17.6 Å². The number of rotatable bonds is 5. The van der Waals surface area contributed by atoms with Crippen LogP contribution in [0, 0.1) is 0 Å². The number of carbonyl (C=O) groups is 3. The minimum atomic E-state index is -0.652. The molecule has 3 aromatic rings. The Kier molecular flexibility index (Phi) is 6.55. The largest absolute Gasteiger partial charge is 0.366 e. The van der Waals surface area contributed by atoms with Crippen LogP contribution in [0.4, 0.5) is 16.2 Å². The molecule has 168 valence electrons. The Morgan fingerprint density at radius 1 is 1.06 bits per heavy atom. The predicted molar refractivity (Wildman–Crippen MR) is 127 cm³/mol. The lowest BCUT2D eigenvalue weighted by molar-refractivity contribution is -0.121. The lowest BCUT2D eigenvalue weighted by atomic mass is 10.0. The van der Waals surface area contributed by atoms with Crippen molar-refractivity contribution in [3.8, 4) is 11.3 Å². The van der Waals surface area contributed by atoms with Crippen LogP contribution < -0.4 is 21.3 Å². The second-order valence-electron chi connectivity index (χ2n) is 7.60. The number of primary amides is 1. The molecule has 0 bridgehead atoms. The van der Waals surface area contributed by atoms with Gasteiger partial charge in [0.2, 0.25) is 11.8 Å². The number of benzene rings is 2. The van der Waals surface area contributed by atoms with E-state index in [0.717, 1.165) is 6.42 Å². The van der Waals surface area contributed by atoms with E-state index in [1.165, 1.54) is 0 Å². The number of nitrogens with zero attached hydrogens (tertiary/aromatic N) is 2. The number of amides is 4. The molecule has 0 saturated carbocycles. The summed E-state index contributed by atoms with van der Waals surface area (Å²) in [5.74, 6) is -0.743. The van der Waals surface area contributed by atoms with Gasteiger partial charge in [-0.25, -0.2) is 4.79 Å². The van der Waals surface area contributed by atoms with Crippen LogP contribution >= 0.6 is 11.6 Å². The zero-order valence-corrected chi connectivity index (χ0v) is 18.4. The van der Waals surface area contributed by atoms with Crippen LogP contribution in [0.1, 0.15) is 23.2 Å². The van der Waals surface area contributed by atoms with Crippen molar-refractivity contribution in [1.29, 1.82) is 0 Å². The molecule has 1 saturated heterocycles. The maximum absolute atomic E-state index is 13.0. The van der Waals surface area contributed by atoms with Gasteiger partial charge >= 0.3 is 6.03 Å². The normalized spacial score (nSPS) is 15.7. The molecule has 1 aromatic heterocycles. The number of hydrogen-bond acceptors (Lipinski definition) is 4. The summed E-state index contributed by atoms with van der Waals surface area (Å²) in [7, 11) is 0. The van der Waals surface area contributed by atoms with E-state index in [1.54, 1.807) is 71.8 Å². The average molecular weight is 464 g/mol. The fourth-order valence-corrected chi connectivity index (χ4v) is 3.88. The first kappa shape index (κ1) is 22.3. The fourth-order valence-electron chi connectivity index (χ4n) is 3.75. The summed E-state index contributed by atoms with van der Waals surface area (Å²) in [6.45, 7) is 0.523. The molecular weight excluding hydrogens is 442 g/mol. The number of urea groups is 1. The van der Waals surface area contributed by atoms with E-state index in [0.29, 0.717) is 46.2 Å². The van der Waals surface area contributed by atoms with Crippen LogP contribution in [0.3, 0.4) is 0 Å². The Bertz CT molecular complexity index is 1180. The highest BCUT2D eigenvalue weighted by Crippen LogP contribution is 2.26. The summed E-state index contributed by atoms with van der Waals surface area (Å²) in [5, 5.41) is 6.01. The van der Waals surface area contributed by atoms with Gasteiger partial charge in [-0.1, -0.05) is 29.8 Å². The topological polar surface area (TPSA) is 117 Å². The number of nitrogens with two attached hydrogens (primary N) is 1. The van der Waals surface area contributed by atoms with Crippen molar-refractivity contribution in [2.75, 3.05) is 16.8 Å². The second-order valence-corrected chi connectivity index (χ2v) is 8.04. The van der Waals surface area contributed by atoms with Crippen molar-refractivity contribution < 1.29 is 14.4 Å². The summed E-state index contributed by atoms with van der Waals surface area (Å²) < 4.78 is 0. The number of hydrogen-bond donors (Lipinski definition) is 3.